The Morgan fingerprint density at radius 3 is 2.61 bits per heavy atom. The normalized spacial score (nSPS) is 11.3. The van der Waals surface area contributed by atoms with Crippen molar-refractivity contribution >= 4 is 22.1 Å². The quantitative estimate of drug-likeness (QED) is 0.337. The summed E-state index contributed by atoms with van der Waals surface area (Å²) in [6, 6.07) is 19.1. The van der Waals surface area contributed by atoms with Crippen LogP contribution in [0.1, 0.15) is 11.1 Å². The van der Waals surface area contributed by atoms with Crippen molar-refractivity contribution in [2.24, 2.45) is 0 Å². The molecule has 36 heavy (non-hydrogen) atoms. The van der Waals surface area contributed by atoms with Gasteiger partial charge in [-0.05, 0) is 42.0 Å². The Labute approximate surface area is 204 Å². The van der Waals surface area contributed by atoms with Crippen LogP contribution < -0.4 is 5.69 Å². The van der Waals surface area contributed by atoms with Crippen molar-refractivity contribution in [3.63, 3.8) is 0 Å². The number of nitriles is 1. The molecule has 0 bridgehead atoms. The van der Waals surface area contributed by atoms with E-state index >= 15 is 0 Å². The van der Waals surface area contributed by atoms with Crippen molar-refractivity contribution in [3.8, 4) is 28.6 Å². The van der Waals surface area contributed by atoms with Gasteiger partial charge in [0, 0.05) is 28.9 Å². The highest BCUT2D eigenvalue weighted by Gasteiger charge is 2.17. The lowest BCUT2D eigenvalue weighted by atomic mass is 10.1. The van der Waals surface area contributed by atoms with Crippen LogP contribution in [0, 0.1) is 11.3 Å². The summed E-state index contributed by atoms with van der Waals surface area (Å²) in [5.41, 5.74) is 6.72. The maximum Gasteiger partial charge on any atom is 0.323 e. The van der Waals surface area contributed by atoms with Gasteiger partial charge in [-0.25, -0.2) is 14.5 Å². The molecule has 2 aromatic carbocycles. The van der Waals surface area contributed by atoms with E-state index in [1.807, 2.05) is 47.1 Å². The summed E-state index contributed by atoms with van der Waals surface area (Å²) in [7, 11) is 0. The first kappa shape index (κ1) is 21.5. The molecule has 0 aliphatic heterocycles. The van der Waals surface area contributed by atoms with Crippen molar-refractivity contribution in [1.29, 1.82) is 5.26 Å². The van der Waals surface area contributed by atoms with E-state index in [1.165, 1.54) is 0 Å². The van der Waals surface area contributed by atoms with Crippen molar-refractivity contribution in [2.45, 2.75) is 13.1 Å². The summed E-state index contributed by atoms with van der Waals surface area (Å²) in [6.07, 6.45) is 3.52. The van der Waals surface area contributed by atoms with Gasteiger partial charge in [-0.15, -0.1) is 0 Å². The Balaban J connectivity index is 1.45. The monoisotopic (exact) mass is 476 g/mol. The van der Waals surface area contributed by atoms with E-state index in [-0.39, 0.29) is 12.3 Å². The number of imidazole rings is 1. The fraction of sp³-hybridized carbons (Fsp3) is 0.115. The maximum atomic E-state index is 11.7. The summed E-state index contributed by atoms with van der Waals surface area (Å²) in [5, 5.41) is 28.7. The van der Waals surface area contributed by atoms with Crippen LogP contribution in [0.4, 0.5) is 0 Å². The average molecular weight is 477 g/mol. The molecule has 0 radical (unpaired) electrons. The van der Waals surface area contributed by atoms with Crippen molar-refractivity contribution in [3.05, 3.63) is 88.6 Å². The van der Waals surface area contributed by atoms with Crippen LogP contribution >= 0.6 is 0 Å². The summed E-state index contributed by atoms with van der Waals surface area (Å²) in [4.78, 5) is 21.9. The average Bonchev–Trinajstić information content (AvgIpc) is 3.60. The number of aromatic nitrogens is 7. The number of rotatable bonds is 6. The van der Waals surface area contributed by atoms with E-state index in [1.54, 1.807) is 29.2 Å². The van der Waals surface area contributed by atoms with Gasteiger partial charge in [0.25, 0.3) is 0 Å². The first-order valence-electron chi connectivity index (χ1n) is 11.3. The SMILES string of the molecule is N#Cc1ccc(Cn2nccc2-c2cnc3c(c2)c(-c2ccc4[nH]c(=O)[nH]c4c2)nn3CCO)cc1. The zero-order valence-corrected chi connectivity index (χ0v) is 19.0. The van der Waals surface area contributed by atoms with Gasteiger partial charge in [0.2, 0.25) is 0 Å². The second kappa shape index (κ2) is 8.65. The lowest BCUT2D eigenvalue weighted by Crippen LogP contribution is -2.05. The van der Waals surface area contributed by atoms with Gasteiger partial charge in [0.05, 0.1) is 48.1 Å². The van der Waals surface area contributed by atoms with Crippen LogP contribution in [0.25, 0.3) is 44.6 Å². The number of aliphatic hydroxyl groups excluding tert-OH is 1. The molecular weight excluding hydrogens is 456 g/mol. The second-order valence-electron chi connectivity index (χ2n) is 8.41. The molecule has 0 aliphatic carbocycles. The van der Waals surface area contributed by atoms with Crippen LogP contribution in [-0.2, 0) is 13.1 Å². The molecule has 0 amide bonds. The lowest BCUT2D eigenvalue weighted by molar-refractivity contribution is 0.271. The fourth-order valence-electron chi connectivity index (χ4n) is 4.40. The number of fused-ring (bicyclic) bond motifs is 2. The lowest BCUT2D eigenvalue weighted by Gasteiger charge is -2.08. The topological polar surface area (TPSA) is 141 Å². The number of nitrogens with one attached hydrogen (secondary N) is 2. The predicted molar refractivity (Wildman–Crippen MR) is 134 cm³/mol. The van der Waals surface area contributed by atoms with Gasteiger partial charge in [-0.2, -0.15) is 15.5 Å². The van der Waals surface area contributed by atoms with Gasteiger partial charge in [0.1, 0.15) is 5.69 Å². The minimum absolute atomic E-state index is 0.0683. The number of H-pyrrole nitrogens is 2. The minimum Gasteiger partial charge on any atom is -0.394 e. The van der Waals surface area contributed by atoms with E-state index < -0.39 is 0 Å². The zero-order chi connectivity index (χ0) is 24.6. The molecule has 4 aromatic heterocycles. The highest BCUT2D eigenvalue weighted by Crippen LogP contribution is 2.31. The molecule has 6 rings (SSSR count). The highest BCUT2D eigenvalue weighted by atomic mass is 16.3. The minimum atomic E-state index is -0.266. The summed E-state index contributed by atoms with van der Waals surface area (Å²) < 4.78 is 3.57. The van der Waals surface area contributed by atoms with Crippen LogP contribution in [0.15, 0.2) is 71.8 Å². The summed E-state index contributed by atoms with van der Waals surface area (Å²) in [6.45, 7) is 0.782. The van der Waals surface area contributed by atoms with Crippen molar-refractivity contribution < 1.29 is 5.11 Å². The predicted octanol–water partition coefficient (Wildman–Crippen LogP) is 3.04. The number of benzene rings is 2. The third-order valence-corrected chi connectivity index (χ3v) is 6.12. The van der Waals surface area contributed by atoms with Crippen molar-refractivity contribution in [2.75, 3.05) is 6.61 Å². The maximum absolute atomic E-state index is 11.7. The van der Waals surface area contributed by atoms with Gasteiger partial charge >= 0.3 is 5.69 Å². The smallest absolute Gasteiger partial charge is 0.323 e. The molecule has 10 heteroatoms. The summed E-state index contributed by atoms with van der Waals surface area (Å²) in [5.74, 6) is 0. The Kier molecular flexibility index (Phi) is 5.17. The number of aliphatic hydroxyl groups is 1. The number of nitrogens with zero attached hydrogens (tertiary/aromatic N) is 6. The van der Waals surface area contributed by atoms with Gasteiger partial charge in [-0.3, -0.25) is 4.68 Å². The molecule has 10 nitrogen and oxygen atoms in total. The van der Waals surface area contributed by atoms with Crippen LogP contribution in [0.3, 0.4) is 0 Å². The third-order valence-electron chi connectivity index (χ3n) is 6.12. The molecule has 4 heterocycles. The molecule has 176 valence electrons. The van der Waals surface area contributed by atoms with E-state index in [4.69, 9.17) is 10.4 Å². The molecule has 0 unspecified atom stereocenters. The van der Waals surface area contributed by atoms with Gasteiger partial charge < -0.3 is 15.1 Å². The summed E-state index contributed by atoms with van der Waals surface area (Å²) >= 11 is 0. The molecule has 0 fully saturated rings. The standard InChI is InChI=1S/C26H20N8O2/c27-13-16-1-3-17(4-2-16)15-34-23(7-8-29-34)19-11-20-24(32-33(9-10-35)25(20)28-14-19)18-5-6-21-22(12-18)31-26(36)30-21/h1-8,11-12,14,35H,9-10,15H2,(H2,30,31,36). The molecule has 0 atom stereocenters. The Morgan fingerprint density at radius 2 is 1.81 bits per heavy atom. The van der Waals surface area contributed by atoms with E-state index in [2.05, 4.69) is 26.1 Å². The highest BCUT2D eigenvalue weighted by molar-refractivity contribution is 5.95. The Morgan fingerprint density at radius 1 is 0.972 bits per heavy atom. The third kappa shape index (κ3) is 3.73. The second-order valence-corrected chi connectivity index (χ2v) is 8.41. The largest absolute Gasteiger partial charge is 0.394 e. The van der Waals surface area contributed by atoms with E-state index in [0.717, 1.165) is 27.8 Å². The van der Waals surface area contributed by atoms with Crippen LogP contribution in [0.2, 0.25) is 0 Å². The Bertz CT molecular complexity index is 1820. The van der Waals surface area contributed by atoms with Crippen molar-refractivity contribution in [1.82, 2.24) is 34.5 Å². The number of hydrogen-bond acceptors (Lipinski definition) is 6. The van der Waals surface area contributed by atoms with Gasteiger partial charge in [-0.1, -0.05) is 18.2 Å². The van der Waals surface area contributed by atoms with Crippen LogP contribution in [-0.4, -0.2) is 46.2 Å². The van der Waals surface area contributed by atoms with Crippen LogP contribution in [0.5, 0.6) is 0 Å². The molecular formula is C26H20N8O2. The first-order valence-corrected chi connectivity index (χ1v) is 11.3. The van der Waals surface area contributed by atoms with Gasteiger partial charge in [0.15, 0.2) is 5.65 Å². The number of hydrogen-bond donors (Lipinski definition) is 3. The molecule has 3 N–H and O–H groups in total. The molecule has 0 saturated carbocycles. The first-order chi connectivity index (χ1) is 17.6. The molecule has 0 spiro atoms. The fourth-order valence-corrected chi connectivity index (χ4v) is 4.40. The van der Waals surface area contributed by atoms with E-state index in [9.17, 15) is 9.90 Å². The number of aromatic amines is 2. The Hall–Kier alpha value is -5.01. The van der Waals surface area contributed by atoms with E-state index in [0.29, 0.717) is 41.0 Å². The molecule has 0 aliphatic rings. The molecule has 0 saturated heterocycles. The number of pyridine rings is 1. The zero-order valence-electron chi connectivity index (χ0n) is 19.0. The molecule has 6 aromatic rings.